The number of nitrogens with one attached hydrogen (secondary N) is 2. The fraction of sp³-hybridized carbons (Fsp3) is 0.286. The number of nitrogens with two attached hydrogens (primary N) is 1. The Bertz CT molecular complexity index is 791. The summed E-state index contributed by atoms with van der Waals surface area (Å²) in [5, 5.41) is 5.18. The van der Waals surface area contributed by atoms with Crippen molar-refractivity contribution in [3.63, 3.8) is 0 Å². The molecule has 0 aromatic heterocycles. The van der Waals surface area contributed by atoms with E-state index in [4.69, 9.17) is 10.5 Å². The monoisotopic (exact) mass is 383 g/mol. The van der Waals surface area contributed by atoms with Crippen LogP contribution in [0.1, 0.15) is 35.7 Å². The Morgan fingerprint density at radius 3 is 2.32 bits per heavy atom. The molecule has 2 aromatic carbocycles. The molecule has 0 saturated carbocycles. The number of hydrogen-bond acceptors (Lipinski definition) is 4. The van der Waals surface area contributed by atoms with Gasteiger partial charge in [-0.25, -0.2) is 9.59 Å². The summed E-state index contributed by atoms with van der Waals surface area (Å²) < 4.78 is 5.15. The highest BCUT2D eigenvalue weighted by atomic mass is 16.5. The van der Waals surface area contributed by atoms with Crippen molar-refractivity contribution in [2.75, 3.05) is 11.9 Å². The standard InChI is InChI=1S/C21H25N3O4/c1-2-3-13-28-20(26)16-9-11-17(12-10-16)23-19(25)18(24-21(22)27)14-15-7-5-4-6-8-15/h4-12,18H,2-3,13-14H2,1H3,(H,23,25)(H3,22,24,27). The molecule has 2 rings (SSSR count). The van der Waals surface area contributed by atoms with Crippen molar-refractivity contribution in [2.45, 2.75) is 32.2 Å². The third-order valence-electron chi connectivity index (χ3n) is 4.03. The summed E-state index contributed by atoms with van der Waals surface area (Å²) in [5.41, 5.74) is 7.00. The first-order valence-electron chi connectivity index (χ1n) is 9.17. The first kappa shape index (κ1) is 21.0. The fourth-order valence-corrected chi connectivity index (χ4v) is 2.54. The van der Waals surface area contributed by atoms with E-state index in [1.165, 1.54) is 0 Å². The largest absolute Gasteiger partial charge is 0.462 e. The number of rotatable bonds is 9. The zero-order valence-corrected chi connectivity index (χ0v) is 15.8. The van der Waals surface area contributed by atoms with Gasteiger partial charge in [-0.05, 0) is 36.2 Å². The lowest BCUT2D eigenvalue weighted by molar-refractivity contribution is -0.117. The lowest BCUT2D eigenvalue weighted by Gasteiger charge is -2.17. The second kappa shape index (κ2) is 10.7. The van der Waals surface area contributed by atoms with E-state index in [0.29, 0.717) is 24.3 Å². The number of carbonyl (C=O) groups is 3. The average molecular weight is 383 g/mol. The van der Waals surface area contributed by atoms with Gasteiger partial charge >= 0.3 is 12.0 Å². The minimum atomic E-state index is -0.821. The first-order valence-corrected chi connectivity index (χ1v) is 9.17. The Labute approximate surface area is 164 Å². The van der Waals surface area contributed by atoms with Gasteiger partial charge < -0.3 is 21.1 Å². The highest BCUT2D eigenvalue weighted by Gasteiger charge is 2.20. The molecule has 7 heteroatoms. The van der Waals surface area contributed by atoms with Crippen LogP contribution in [-0.2, 0) is 16.0 Å². The van der Waals surface area contributed by atoms with Crippen molar-refractivity contribution in [2.24, 2.45) is 5.73 Å². The van der Waals surface area contributed by atoms with Crippen LogP contribution in [0.2, 0.25) is 0 Å². The Kier molecular flexibility index (Phi) is 8.02. The molecule has 0 heterocycles. The van der Waals surface area contributed by atoms with Crippen molar-refractivity contribution < 1.29 is 19.1 Å². The summed E-state index contributed by atoms with van der Waals surface area (Å²) >= 11 is 0. The van der Waals surface area contributed by atoms with Crippen LogP contribution in [0.15, 0.2) is 54.6 Å². The van der Waals surface area contributed by atoms with Crippen molar-refractivity contribution in [3.05, 3.63) is 65.7 Å². The van der Waals surface area contributed by atoms with E-state index in [0.717, 1.165) is 18.4 Å². The number of ether oxygens (including phenoxy) is 1. The van der Waals surface area contributed by atoms with Gasteiger partial charge in [-0.15, -0.1) is 0 Å². The van der Waals surface area contributed by atoms with Crippen LogP contribution < -0.4 is 16.4 Å². The first-order chi connectivity index (χ1) is 13.5. The lowest BCUT2D eigenvalue weighted by Crippen LogP contribution is -2.47. The second-order valence-corrected chi connectivity index (χ2v) is 6.31. The Morgan fingerprint density at radius 1 is 1.04 bits per heavy atom. The number of urea groups is 1. The maximum Gasteiger partial charge on any atom is 0.338 e. The molecule has 3 amide bonds. The normalized spacial score (nSPS) is 11.3. The maximum absolute atomic E-state index is 12.6. The zero-order valence-electron chi connectivity index (χ0n) is 15.8. The van der Waals surface area contributed by atoms with Gasteiger partial charge in [-0.2, -0.15) is 0 Å². The molecule has 28 heavy (non-hydrogen) atoms. The Balaban J connectivity index is 2.00. The third kappa shape index (κ3) is 6.75. The summed E-state index contributed by atoms with van der Waals surface area (Å²) in [6, 6.07) is 14.1. The van der Waals surface area contributed by atoms with Crippen LogP contribution in [0.25, 0.3) is 0 Å². The molecule has 0 spiro atoms. The Hall–Kier alpha value is -3.35. The van der Waals surface area contributed by atoms with Gasteiger partial charge in [0.15, 0.2) is 0 Å². The fourth-order valence-electron chi connectivity index (χ4n) is 2.54. The maximum atomic E-state index is 12.6. The number of carbonyl (C=O) groups excluding carboxylic acids is 3. The van der Waals surface area contributed by atoms with E-state index < -0.39 is 23.9 Å². The third-order valence-corrected chi connectivity index (χ3v) is 4.03. The molecule has 7 nitrogen and oxygen atoms in total. The van der Waals surface area contributed by atoms with E-state index in [2.05, 4.69) is 10.6 Å². The minimum absolute atomic E-state index is 0.303. The number of esters is 1. The molecular formula is C21H25N3O4. The number of primary amides is 1. The number of amides is 3. The minimum Gasteiger partial charge on any atom is -0.462 e. The van der Waals surface area contributed by atoms with E-state index in [1.807, 2.05) is 37.3 Å². The van der Waals surface area contributed by atoms with Gasteiger partial charge in [0, 0.05) is 12.1 Å². The van der Waals surface area contributed by atoms with Crippen LogP contribution in [0.5, 0.6) is 0 Å². The highest BCUT2D eigenvalue weighted by molar-refractivity contribution is 5.97. The van der Waals surface area contributed by atoms with Crippen LogP contribution in [0, 0.1) is 0 Å². The molecule has 0 aliphatic rings. The smallest absolute Gasteiger partial charge is 0.338 e. The number of benzene rings is 2. The number of unbranched alkanes of at least 4 members (excludes halogenated alkanes) is 1. The zero-order chi connectivity index (χ0) is 20.4. The summed E-state index contributed by atoms with van der Waals surface area (Å²) in [4.78, 5) is 35.8. The van der Waals surface area contributed by atoms with Gasteiger partial charge in [0.2, 0.25) is 5.91 Å². The SMILES string of the molecule is CCCCOC(=O)c1ccc(NC(=O)C(Cc2ccccc2)NC(N)=O)cc1. The van der Waals surface area contributed by atoms with Crippen LogP contribution in [-0.4, -0.2) is 30.6 Å². The summed E-state index contributed by atoms with van der Waals surface area (Å²) in [6.07, 6.45) is 2.06. The lowest BCUT2D eigenvalue weighted by atomic mass is 10.1. The molecule has 1 atom stereocenters. The summed E-state index contributed by atoms with van der Waals surface area (Å²) in [6.45, 7) is 2.40. The molecule has 148 valence electrons. The molecule has 0 bridgehead atoms. The molecule has 0 fully saturated rings. The van der Waals surface area contributed by atoms with E-state index >= 15 is 0 Å². The Morgan fingerprint density at radius 2 is 1.71 bits per heavy atom. The quantitative estimate of drug-likeness (QED) is 0.457. The number of anilines is 1. The van der Waals surface area contributed by atoms with Gasteiger partial charge in [-0.3, -0.25) is 4.79 Å². The molecule has 0 aliphatic carbocycles. The summed E-state index contributed by atoms with van der Waals surface area (Å²) in [5.74, 6) is -0.801. The van der Waals surface area contributed by atoms with Gasteiger partial charge in [0.05, 0.1) is 12.2 Å². The summed E-state index contributed by atoms with van der Waals surface area (Å²) in [7, 11) is 0. The molecule has 0 aliphatic heterocycles. The van der Waals surface area contributed by atoms with Crippen molar-refractivity contribution in [1.29, 1.82) is 0 Å². The van der Waals surface area contributed by atoms with Gasteiger partial charge in [0.25, 0.3) is 0 Å². The van der Waals surface area contributed by atoms with Crippen molar-refractivity contribution in [3.8, 4) is 0 Å². The molecule has 0 radical (unpaired) electrons. The van der Waals surface area contributed by atoms with Gasteiger partial charge in [0.1, 0.15) is 6.04 Å². The van der Waals surface area contributed by atoms with Gasteiger partial charge in [-0.1, -0.05) is 43.7 Å². The molecule has 0 saturated heterocycles. The van der Waals surface area contributed by atoms with Crippen LogP contribution >= 0.6 is 0 Å². The predicted molar refractivity (Wildman–Crippen MR) is 107 cm³/mol. The molecule has 2 aromatic rings. The topological polar surface area (TPSA) is 111 Å². The predicted octanol–water partition coefficient (Wildman–Crippen LogP) is 2.86. The molecular weight excluding hydrogens is 358 g/mol. The van der Waals surface area contributed by atoms with E-state index in [-0.39, 0.29) is 0 Å². The molecule has 4 N–H and O–H groups in total. The molecule has 1 unspecified atom stereocenters. The van der Waals surface area contributed by atoms with Crippen molar-refractivity contribution >= 4 is 23.6 Å². The van der Waals surface area contributed by atoms with E-state index in [9.17, 15) is 14.4 Å². The van der Waals surface area contributed by atoms with Crippen LogP contribution in [0.4, 0.5) is 10.5 Å². The number of hydrogen-bond donors (Lipinski definition) is 3. The van der Waals surface area contributed by atoms with Crippen molar-refractivity contribution in [1.82, 2.24) is 5.32 Å². The van der Waals surface area contributed by atoms with Crippen LogP contribution in [0.3, 0.4) is 0 Å². The average Bonchev–Trinajstić information content (AvgIpc) is 2.68. The van der Waals surface area contributed by atoms with E-state index in [1.54, 1.807) is 24.3 Å². The second-order valence-electron chi connectivity index (χ2n) is 6.31. The highest BCUT2D eigenvalue weighted by Crippen LogP contribution is 2.12.